The van der Waals surface area contributed by atoms with E-state index in [2.05, 4.69) is 50.3 Å². The average molecular weight is 290 g/mol. The molecule has 0 saturated heterocycles. The van der Waals surface area contributed by atoms with Crippen molar-refractivity contribution in [2.24, 2.45) is 0 Å². The van der Waals surface area contributed by atoms with Crippen molar-refractivity contribution in [3.8, 4) is 11.5 Å². The van der Waals surface area contributed by atoms with E-state index in [0.29, 0.717) is 0 Å². The van der Waals surface area contributed by atoms with Gasteiger partial charge in [-0.3, -0.25) is 4.98 Å². The molecule has 19 heavy (non-hydrogen) atoms. The molecule has 2 aromatic rings. The summed E-state index contributed by atoms with van der Waals surface area (Å²) in [7, 11) is -2.86. The van der Waals surface area contributed by atoms with Crippen molar-refractivity contribution in [3.63, 3.8) is 0 Å². The lowest BCUT2D eigenvalue weighted by Gasteiger charge is -2.15. The van der Waals surface area contributed by atoms with E-state index in [1.54, 1.807) is 0 Å². The Bertz CT molecular complexity index is 562. The summed E-state index contributed by atoms with van der Waals surface area (Å²) in [6.45, 7) is 14.0. The van der Waals surface area contributed by atoms with E-state index in [1.165, 1.54) is 10.6 Å². The van der Waals surface area contributed by atoms with Crippen molar-refractivity contribution in [1.29, 1.82) is 0 Å². The molecule has 2 rings (SSSR count). The summed E-state index contributed by atoms with van der Waals surface area (Å²) >= 11 is 0. The van der Waals surface area contributed by atoms with Gasteiger partial charge in [0.15, 0.2) is 5.76 Å². The first kappa shape index (κ1) is 14.3. The summed E-state index contributed by atoms with van der Waals surface area (Å²) in [6, 6.07) is 8.31. The van der Waals surface area contributed by atoms with E-state index in [-0.39, 0.29) is 0 Å². The van der Waals surface area contributed by atoms with Gasteiger partial charge in [0, 0.05) is 6.20 Å². The molecule has 0 atom stereocenters. The van der Waals surface area contributed by atoms with E-state index in [0.717, 1.165) is 11.5 Å². The third kappa shape index (κ3) is 3.07. The van der Waals surface area contributed by atoms with Crippen molar-refractivity contribution >= 4 is 26.7 Å². The molecule has 0 aliphatic rings. The number of pyridine rings is 1. The normalized spacial score (nSPS) is 12.7. The standard InChI is InChI=1S/C15H23NOSi2/c1-18(2,3)13-11-14(19(4,5)6)17-15(13)12-9-7-8-10-16-12/h7-11H,1-6H3. The van der Waals surface area contributed by atoms with Crippen LogP contribution in [-0.4, -0.2) is 21.1 Å². The van der Waals surface area contributed by atoms with Crippen molar-refractivity contribution < 1.29 is 4.42 Å². The topological polar surface area (TPSA) is 26.0 Å². The molecule has 2 nitrogen and oxygen atoms in total. The Balaban J connectivity index is 2.63. The van der Waals surface area contributed by atoms with Crippen molar-refractivity contribution in [2.45, 2.75) is 39.3 Å². The van der Waals surface area contributed by atoms with Gasteiger partial charge in [0.25, 0.3) is 0 Å². The molecule has 0 radical (unpaired) electrons. The smallest absolute Gasteiger partial charge is 0.151 e. The monoisotopic (exact) mass is 289 g/mol. The van der Waals surface area contributed by atoms with Crippen LogP contribution in [-0.2, 0) is 0 Å². The Morgan fingerprint density at radius 3 is 2.11 bits per heavy atom. The summed E-state index contributed by atoms with van der Waals surface area (Å²) in [5.74, 6) is 0.997. The molecule has 2 aromatic heterocycles. The molecule has 4 heteroatoms. The van der Waals surface area contributed by atoms with Crippen LogP contribution in [0.1, 0.15) is 0 Å². The lowest BCUT2D eigenvalue weighted by Crippen LogP contribution is -2.41. The Morgan fingerprint density at radius 2 is 1.63 bits per heavy atom. The molecular weight excluding hydrogens is 266 g/mol. The first-order valence-corrected chi connectivity index (χ1v) is 13.8. The Kier molecular flexibility index (Phi) is 3.58. The summed E-state index contributed by atoms with van der Waals surface area (Å²) in [4.78, 5) is 4.46. The predicted octanol–water partition coefficient (Wildman–Crippen LogP) is 3.43. The molecule has 0 amide bonds. The fraction of sp³-hybridized carbons (Fsp3) is 0.400. The maximum Gasteiger partial charge on any atom is 0.151 e. The molecule has 0 unspecified atom stereocenters. The van der Waals surface area contributed by atoms with E-state index in [1.807, 2.05) is 24.4 Å². The highest BCUT2D eigenvalue weighted by Gasteiger charge is 2.30. The summed E-state index contributed by atoms with van der Waals surface area (Å²) in [6.07, 6.45) is 1.83. The lowest BCUT2D eigenvalue weighted by atomic mass is 10.3. The molecule has 0 aliphatic heterocycles. The third-order valence-corrected chi connectivity index (χ3v) is 6.89. The molecule has 0 spiro atoms. The molecular formula is C15H23NOSi2. The van der Waals surface area contributed by atoms with Crippen molar-refractivity contribution in [3.05, 3.63) is 30.5 Å². The highest BCUT2D eigenvalue weighted by molar-refractivity contribution is 6.91. The maximum atomic E-state index is 6.23. The third-order valence-electron chi connectivity index (χ3n) is 3.18. The summed E-state index contributed by atoms with van der Waals surface area (Å²) in [5.41, 5.74) is 0.962. The molecule has 0 fully saturated rings. The lowest BCUT2D eigenvalue weighted by molar-refractivity contribution is 0.612. The Labute approximate surface area is 117 Å². The average Bonchev–Trinajstić information content (AvgIpc) is 2.74. The van der Waals surface area contributed by atoms with Gasteiger partial charge in [-0.05, 0) is 23.4 Å². The van der Waals surface area contributed by atoms with Crippen LogP contribution in [0.3, 0.4) is 0 Å². The molecule has 0 aromatic carbocycles. The quantitative estimate of drug-likeness (QED) is 0.809. The van der Waals surface area contributed by atoms with Gasteiger partial charge in [-0.15, -0.1) is 0 Å². The van der Waals surface area contributed by atoms with Gasteiger partial charge in [0.05, 0.1) is 13.5 Å². The summed E-state index contributed by atoms with van der Waals surface area (Å²) in [5, 5.41) is 2.58. The number of aromatic nitrogens is 1. The van der Waals surface area contributed by atoms with Gasteiger partial charge in [-0.25, -0.2) is 0 Å². The second-order valence-corrected chi connectivity index (χ2v) is 17.1. The SMILES string of the molecule is C[Si](C)(C)c1cc([Si](C)(C)C)c(-c2ccccn2)o1. The fourth-order valence-electron chi connectivity index (χ4n) is 2.01. The fourth-order valence-corrected chi connectivity index (χ4v) is 4.56. The molecule has 2 heterocycles. The number of hydrogen-bond donors (Lipinski definition) is 0. The molecule has 0 saturated carbocycles. The highest BCUT2D eigenvalue weighted by Crippen LogP contribution is 2.20. The maximum absolute atomic E-state index is 6.23. The van der Waals surface area contributed by atoms with Crippen LogP contribution in [0.5, 0.6) is 0 Å². The van der Waals surface area contributed by atoms with E-state index in [4.69, 9.17) is 4.42 Å². The first-order valence-electron chi connectivity index (χ1n) is 6.76. The van der Waals surface area contributed by atoms with E-state index in [9.17, 15) is 0 Å². The Hall–Kier alpha value is -1.14. The number of furan rings is 1. The van der Waals surface area contributed by atoms with Crippen LogP contribution in [0.15, 0.2) is 34.9 Å². The van der Waals surface area contributed by atoms with Crippen LogP contribution in [0, 0.1) is 0 Å². The minimum Gasteiger partial charge on any atom is -0.465 e. The first-order chi connectivity index (χ1) is 8.69. The van der Waals surface area contributed by atoms with Gasteiger partial charge in [0.1, 0.15) is 13.8 Å². The largest absolute Gasteiger partial charge is 0.465 e. The zero-order chi connectivity index (χ0) is 14.3. The minimum absolute atomic E-state index is 0.962. The Morgan fingerprint density at radius 1 is 0.947 bits per heavy atom. The van der Waals surface area contributed by atoms with Gasteiger partial charge in [0.2, 0.25) is 0 Å². The molecule has 102 valence electrons. The molecule has 0 N–H and O–H groups in total. The van der Waals surface area contributed by atoms with Crippen LogP contribution in [0.4, 0.5) is 0 Å². The van der Waals surface area contributed by atoms with Crippen molar-refractivity contribution in [1.82, 2.24) is 4.98 Å². The predicted molar refractivity (Wildman–Crippen MR) is 87.9 cm³/mol. The second-order valence-electron chi connectivity index (χ2n) is 7.07. The van der Waals surface area contributed by atoms with Crippen LogP contribution >= 0.6 is 0 Å². The summed E-state index contributed by atoms with van der Waals surface area (Å²) < 4.78 is 6.23. The van der Waals surface area contributed by atoms with Gasteiger partial charge in [-0.1, -0.05) is 45.3 Å². The van der Waals surface area contributed by atoms with Crippen LogP contribution in [0.2, 0.25) is 39.3 Å². The number of rotatable bonds is 3. The highest BCUT2D eigenvalue weighted by atomic mass is 28.3. The van der Waals surface area contributed by atoms with Gasteiger partial charge >= 0.3 is 0 Å². The van der Waals surface area contributed by atoms with Gasteiger partial charge in [-0.2, -0.15) is 0 Å². The number of hydrogen-bond acceptors (Lipinski definition) is 2. The van der Waals surface area contributed by atoms with Crippen LogP contribution < -0.4 is 10.6 Å². The van der Waals surface area contributed by atoms with E-state index < -0.39 is 16.1 Å². The number of nitrogens with zero attached hydrogens (tertiary/aromatic N) is 1. The van der Waals surface area contributed by atoms with Crippen molar-refractivity contribution in [2.75, 3.05) is 0 Å². The molecule has 0 bridgehead atoms. The zero-order valence-corrected chi connectivity index (χ0v) is 14.7. The van der Waals surface area contributed by atoms with Crippen LogP contribution in [0.25, 0.3) is 11.5 Å². The van der Waals surface area contributed by atoms with E-state index >= 15 is 0 Å². The molecule has 0 aliphatic carbocycles. The minimum atomic E-state index is -1.43. The zero-order valence-electron chi connectivity index (χ0n) is 12.7. The second kappa shape index (κ2) is 4.76. The van der Waals surface area contributed by atoms with Gasteiger partial charge < -0.3 is 4.42 Å².